The van der Waals surface area contributed by atoms with Gasteiger partial charge in [0.25, 0.3) is 0 Å². The van der Waals surface area contributed by atoms with E-state index in [1.165, 1.54) is 6.92 Å². The van der Waals surface area contributed by atoms with Crippen LogP contribution in [0.1, 0.15) is 90.9 Å². The van der Waals surface area contributed by atoms with E-state index in [4.69, 9.17) is 43.0 Å². The molecule has 0 aromatic rings. The number of rotatable bonds is 25. The van der Waals surface area contributed by atoms with E-state index >= 15 is 0 Å². The molecule has 0 bridgehead atoms. The monoisotopic (exact) mass is 920 g/mol. The quantitative estimate of drug-likeness (QED) is 0.0386. The van der Waals surface area contributed by atoms with Gasteiger partial charge in [-0.15, -0.1) is 0 Å². The van der Waals surface area contributed by atoms with Crippen LogP contribution in [0.2, 0.25) is 0 Å². The number of aliphatic carboxylic acids is 1. The van der Waals surface area contributed by atoms with Crippen molar-refractivity contribution in [3.63, 3.8) is 0 Å². The van der Waals surface area contributed by atoms with E-state index in [2.05, 4.69) is 0 Å². The first-order chi connectivity index (χ1) is 30.0. The molecule has 370 valence electrons. The predicted molar refractivity (Wildman–Crippen MR) is 210 cm³/mol. The fourth-order valence-electron chi connectivity index (χ4n) is 8.23. The summed E-state index contributed by atoms with van der Waals surface area (Å²) in [6, 6.07) is 0. The number of aliphatic hydroxyl groups excluding tert-OH is 13. The molecule has 0 saturated carbocycles. The summed E-state index contributed by atoms with van der Waals surface area (Å²) in [5, 5.41) is 147. The van der Waals surface area contributed by atoms with Gasteiger partial charge >= 0.3 is 5.97 Å². The lowest BCUT2D eigenvalue weighted by molar-refractivity contribution is -0.389. The zero-order chi connectivity index (χ0) is 46.5. The molecule has 4 fully saturated rings. The molecule has 0 aromatic heterocycles. The molecule has 23 heteroatoms. The summed E-state index contributed by atoms with van der Waals surface area (Å²) in [7, 11) is 0. The van der Waals surface area contributed by atoms with Crippen molar-refractivity contribution in [1.29, 1.82) is 0 Å². The maximum absolute atomic E-state index is 11.5. The number of carboxylic acid groups (broad SMARTS) is 1. The molecule has 63 heavy (non-hydrogen) atoms. The van der Waals surface area contributed by atoms with E-state index < -0.39 is 161 Å². The van der Waals surface area contributed by atoms with Crippen LogP contribution in [-0.4, -0.2) is 232 Å². The summed E-state index contributed by atoms with van der Waals surface area (Å²) in [5.41, 5.74) is 0. The molecule has 23 nitrogen and oxygen atoms in total. The van der Waals surface area contributed by atoms with Gasteiger partial charge in [-0.3, -0.25) is 4.79 Å². The molecule has 4 saturated heterocycles. The minimum atomic E-state index is -1.99. The van der Waals surface area contributed by atoms with E-state index in [0.717, 1.165) is 44.9 Å². The van der Waals surface area contributed by atoms with Crippen LogP contribution >= 0.6 is 0 Å². The molecule has 0 spiro atoms. The summed E-state index contributed by atoms with van der Waals surface area (Å²) in [6.45, 7) is 0.984. The van der Waals surface area contributed by atoms with Gasteiger partial charge in [0.15, 0.2) is 25.2 Å². The lowest BCUT2D eigenvalue weighted by Gasteiger charge is -2.49. The second-order valence-corrected chi connectivity index (χ2v) is 17.0. The number of carbonyl (C=O) groups is 1. The van der Waals surface area contributed by atoms with Crippen molar-refractivity contribution < 1.29 is 114 Å². The summed E-state index contributed by atoms with van der Waals surface area (Å²) in [4.78, 5) is 10.7. The molecule has 4 aliphatic heterocycles. The summed E-state index contributed by atoms with van der Waals surface area (Å²) in [6.07, 6.45) is -27.1. The number of unbranched alkanes of at least 4 members (excludes halogenated alkanes) is 6. The van der Waals surface area contributed by atoms with Crippen molar-refractivity contribution >= 4 is 5.97 Å². The minimum Gasteiger partial charge on any atom is -0.481 e. The van der Waals surface area contributed by atoms with Crippen molar-refractivity contribution in [2.24, 2.45) is 0 Å². The Morgan fingerprint density at radius 1 is 0.508 bits per heavy atom. The Kier molecular flexibility index (Phi) is 22.6. The third kappa shape index (κ3) is 14.6. The van der Waals surface area contributed by atoms with Crippen molar-refractivity contribution in [2.45, 2.75) is 226 Å². The highest BCUT2D eigenvalue weighted by Crippen LogP contribution is 2.35. The molecule has 4 aliphatic rings. The standard InChI is InChI=1S/C40H72O23/c1-3-4-12-20(13-10-8-6-5-7-9-11-19(44)14-24(45)46)57-39-32(54)35(27(49)22(16-42)59-39)63-40-33(55)36(28(50)23(17-43)60-40)62-38-31(53)34(25(47)18(2)56-38)61-37-30(52)29(51)26(48)21(15-41)58-37/h18-23,25-44,47-55H,3-17H2,1-2H3,(H,45,46). The third-order valence-electron chi connectivity index (χ3n) is 12.1. The molecule has 4 heterocycles. The first kappa shape index (κ1) is 54.2. The van der Waals surface area contributed by atoms with Gasteiger partial charge in [-0.05, 0) is 26.2 Å². The first-order valence-corrected chi connectivity index (χ1v) is 22.1. The Balaban J connectivity index is 1.41. The fraction of sp³-hybridized carbons (Fsp3) is 0.975. The van der Waals surface area contributed by atoms with Crippen molar-refractivity contribution in [1.82, 2.24) is 0 Å². The van der Waals surface area contributed by atoms with Gasteiger partial charge in [0, 0.05) is 0 Å². The Morgan fingerprint density at radius 3 is 1.43 bits per heavy atom. The Morgan fingerprint density at radius 2 is 0.921 bits per heavy atom. The van der Waals surface area contributed by atoms with Crippen LogP contribution in [0, 0.1) is 0 Å². The smallest absolute Gasteiger partial charge is 0.305 e. The highest BCUT2D eigenvalue weighted by molar-refractivity contribution is 5.67. The van der Waals surface area contributed by atoms with Gasteiger partial charge in [0.05, 0.1) is 44.6 Å². The van der Waals surface area contributed by atoms with Crippen molar-refractivity contribution in [3.05, 3.63) is 0 Å². The fourth-order valence-corrected chi connectivity index (χ4v) is 8.23. The summed E-state index contributed by atoms with van der Waals surface area (Å²) >= 11 is 0. The van der Waals surface area contributed by atoms with Crippen LogP contribution < -0.4 is 0 Å². The van der Waals surface area contributed by atoms with Gasteiger partial charge in [-0.1, -0.05) is 58.3 Å². The molecular weight excluding hydrogens is 848 g/mol. The van der Waals surface area contributed by atoms with Crippen LogP contribution in [0.5, 0.6) is 0 Å². The van der Waals surface area contributed by atoms with Crippen LogP contribution in [0.25, 0.3) is 0 Å². The number of aliphatic hydroxyl groups is 13. The Hall–Kier alpha value is -1.37. The lowest BCUT2D eigenvalue weighted by atomic mass is 9.95. The van der Waals surface area contributed by atoms with Gasteiger partial charge in [0.1, 0.15) is 91.6 Å². The molecule has 22 unspecified atom stereocenters. The zero-order valence-electron chi connectivity index (χ0n) is 35.7. The number of hydrogen-bond acceptors (Lipinski definition) is 22. The van der Waals surface area contributed by atoms with Gasteiger partial charge in [0.2, 0.25) is 0 Å². The second kappa shape index (κ2) is 26.2. The molecular formula is C40H72O23. The topological polar surface area (TPSA) is 374 Å². The maximum Gasteiger partial charge on any atom is 0.305 e. The van der Waals surface area contributed by atoms with E-state index in [1.807, 2.05) is 6.92 Å². The average molecular weight is 921 g/mol. The van der Waals surface area contributed by atoms with Crippen LogP contribution in [0.4, 0.5) is 0 Å². The largest absolute Gasteiger partial charge is 0.481 e. The van der Waals surface area contributed by atoms with Crippen LogP contribution in [-0.2, 0) is 42.7 Å². The third-order valence-corrected chi connectivity index (χ3v) is 12.1. The highest BCUT2D eigenvalue weighted by Gasteiger charge is 2.55. The molecule has 0 aliphatic carbocycles. The zero-order valence-corrected chi connectivity index (χ0v) is 35.7. The molecule has 14 N–H and O–H groups in total. The molecule has 22 atom stereocenters. The van der Waals surface area contributed by atoms with Gasteiger partial charge in [-0.2, -0.15) is 0 Å². The number of carboxylic acids is 1. The lowest BCUT2D eigenvalue weighted by Crippen LogP contribution is -2.67. The average Bonchev–Trinajstić information content (AvgIpc) is 3.25. The molecule has 0 radical (unpaired) electrons. The van der Waals surface area contributed by atoms with E-state index in [1.54, 1.807) is 0 Å². The van der Waals surface area contributed by atoms with Crippen molar-refractivity contribution in [3.8, 4) is 0 Å². The van der Waals surface area contributed by atoms with Crippen LogP contribution in [0.3, 0.4) is 0 Å². The second-order valence-electron chi connectivity index (χ2n) is 17.0. The van der Waals surface area contributed by atoms with Gasteiger partial charge in [-0.25, -0.2) is 0 Å². The van der Waals surface area contributed by atoms with Crippen LogP contribution in [0.15, 0.2) is 0 Å². The Bertz CT molecular complexity index is 1300. The summed E-state index contributed by atoms with van der Waals surface area (Å²) in [5.74, 6) is -1.04. The molecule has 0 aromatic carbocycles. The number of hydrogen-bond donors (Lipinski definition) is 14. The van der Waals surface area contributed by atoms with E-state index in [9.17, 15) is 71.2 Å². The minimum absolute atomic E-state index is 0.280. The maximum atomic E-state index is 11.5. The Labute approximate surface area is 365 Å². The first-order valence-electron chi connectivity index (χ1n) is 22.1. The van der Waals surface area contributed by atoms with E-state index in [0.29, 0.717) is 25.7 Å². The molecule has 0 amide bonds. The predicted octanol–water partition coefficient (Wildman–Crippen LogP) is -4.18. The SMILES string of the molecule is CCCCC(CCCCCCCCC(O)CC(=O)O)OC1OC(CO)C(O)C(OC2OC(CO)C(O)C(OC3OC(C)C(O)C(OC4OC(CO)C(O)C(O)C4O)C3O)C2O)C1O. The summed E-state index contributed by atoms with van der Waals surface area (Å²) < 4.78 is 46.1. The van der Waals surface area contributed by atoms with E-state index in [-0.39, 0.29) is 6.42 Å². The number of ether oxygens (including phenoxy) is 8. The normalized spacial score (nSPS) is 42.2. The molecule has 4 rings (SSSR count). The van der Waals surface area contributed by atoms with Gasteiger partial charge < -0.3 is 109 Å². The van der Waals surface area contributed by atoms with Crippen molar-refractivity contribution in [2.75, 3.05) is 19.8 Å². The highest BCUT2D eigenvalue weighted by atomic mass is 16.8.